The topological polar surface area (TPSA) is 285 Å². The van der Waals surface area contributed by atoms with Gasteiger partial charge in [-0.15, -0.1) is 0 Å². The molecule has 0 spiro atoms. The van der Waals surface area contributed by atoms with Crippen LogP contribution in [0, 0.1) is 22.7 Å². The van der Waals surface area contributed by atoms with Gasteiger partial charge in [-0.2, -0.15) is 0 Å². The molecule has 0 radical (unpaired) electrons. The number of hydrogen-bond donors (Lipinski definition) is 8. The molecule has 0 bridgehead atoms. The molecule has 2 aliphatic rings. The molecule has 0 saturated carbocycles. The Morgan fingerprint density at radius 3 is 1.71 bits per heavy atom. The lowest BCUT2D eigenvalue weighted by Crippen LogP contribution is -2.56. The first-order valence-electron chi connectivity index (χ1n) is 24.3. The number of aromatic nitrogens is 2. The fourth-order valence-electron chi connectivity index (χ4n) is 9.67. The molecular formula is C51H67Cl2N9O11. The fraction of sp³-hybridized carbons (Fsp3) is 0.529. The van der Waals surface area contributed by atoms with Crippen molar-refractivity contribution in [3.8, 4) is 11.5 Å². The summed E-state index contributed by atoms with van der Waals surface area (Å²) in [5.74, 6) is -5.31. The summed E-state index contributed by atoms with van der Waals surface area (Å²) in [5, 5.41) is 15.5. The lowest BCUT2D eigenvalue weighted by Gasteiger charge is -2.39. The van der Waals surface area contributed by atoms with Crippen molar-refractivity contribution < 1.29 is 52.6 Å². The third-order valence-electron chi connectivity index (χ3n) is 13.3. The van der Waals surface area contributed by atoms with E-state index in [2.05, 4.69) is 36.6 Å². The number of rotatable bonds is 21. The minimum atomic E-state index is -1.28. The quantitative estimate of drug-likeness (QED) is 0.0520. The number of halogens is 2. The predicted molar refractivity (Wildman–Crippen MR) is 274 cm³/mol. The van der Waals surface area contributed by atoms with Crippen molar-refractivity contribution in [2.45, 2.75) is 110 Å². The van der Waals surface area contributed by atoms with Gasteiger partial charge in [-0.05, 0) is 98.6 Å². The van der Waals surface area contributed by atoms with Gasteiger partial charge in [0, 0.05) is 53.3 Å². The number of piperidine rings is 2. The first kappa shape index (κ1) is 55.8. The highest BCUT2D eigenvalue weighted by Gasteiger charge is 2.40. The number of fused-ring (bicyclic) bond motifs is 2. The number of amides is 7. The molecule has 6 rings (SSSR count). The smallest absolute Gasteiger partial charge is 0.328 e. The van der Waals surface area contributed by atoms with E-state index in [0.29, 0.717) is 77.1 Å². The minimum absolute atomic E-state index is 0.0317. The number of nitrogens with one attached hydrogen (secondary N) is 7. The van der Waals surface area contributed by atoms with E-state index in [9.17, 15) is 38.4 Å². The van der Waals surface area contributed by atoms with Gasteiger partial charge >= 0.3 is 5.97 Å². The van der Waals surface area contributed by atoms with Crippen molar-refractivity contribution in [3.63, 3.8) is 0 Å². The van der Waals surface area contributed by atoms with Crippen molar-refractivity contribution >= 4 is 92.3 Å². The monoisotopic (exact) mass is 1050 g/mol. The molecule has 396 valence electrons. The highest BCUT2D eigenvalue weighted by molar-refractivity contribution is 6.37. The van der Waals surface area contributed by atoms with Crippen LogP contribution in [0.5, 0.6) is 11.5 Å². The fourth-order valence-corrected chi connectivity index (χ4v) is 10.3. The van der Waals surface area contributed by atoms with E-state index in [4.69, 9.17) is 43.1 Å². The van der Waals surface area contributed by atoms with Crippen LogP contribution in [-0.4, -0.2) is 127 Å². The summed E-state index contributed by atoms with van der Waals surface area (Å²) in [6, 6.07) is 4.91. The Morgan fingerprint density at radius 2 is 1.22 bits per heavy atom. The van der Waals surface area contributed by atoms with E-state index >= 15 is 0 Å². The van der Waals surface area contributed by atoms with Crippen molar-refractivity contribution in [1.82, 2.24) is 41.5 Å². The molecule has 9 N–H and O–H groups in total. The molecule has 22 heteroatoms. The van der Waals surface area contributed by atoms with Crippen LogP contribution in [0.4, 0.5) is 0 Å². The number of benzene rings is 2. The second-order valence-corrected chi connectivity index (χ2v) is 21.6. The Labute approximate surface area is 433 Å². The Balaban J connectivity index is 1.17. The molecule has 2 aromatic heterocycles. The van der Waals surface area contributed by atoms with Gasteiger partial charge in [-0.25, -0.2) is 4.79 Å². The van der Waals surface area contributed by atoms with Crippen LogP contribution >= 0.6 is 23.2 Å². The van der Waals surface area contributed by atoms with E-state index in [0.717, 1.165) is 0 Å². The highest BCUT2D eigenvalue weighted by atomic mass is 35.5. The maximum absolute atomic E-state index is 14.4. The number of nitrogens with zero attached hydrogens (tertiary/aromatic N) is 1. The van der Waals surface area contributed by atoms with Crippen LogP contribution < -0.4 is 41.8 Å². The largest absolute Gasteiger partial charge is 0.495 e. The third kappa shape index (κ3) is 14.0. The summed E-state index contributed by atoms with van der Waals surface area (Å²) in [7, 11) is 4.12. The van der Waals surface area contributed by atoms with Gasteiger partial charge in [0.2, 0.25) is 29.5 Å². The molecule has 20 nitrogen and oxygen atoms in total. The van der Waals surface area contributed by atoms with Crippen LogP contribution in [0.2, 0.25) is 10.0 Å². The van der Waals surface area contributed by atoms with E-state index < -0.39 is 82.3 Å². The first-order chi connectivity index (χ1) is 34.4. The Morgan fingerprint density at radius 1 is 0.712 bits per heavy atom. The van der Waals surface area contributed by atoms with Gasteiger partial charge in [0.15, 0.2) is 0 Å². The van der Waals surface area contributed by atoms with E-state index in [1.165, 1.54) is 27.4 Å². The van der Waals surface area contributed by atoms with Gasteiger partial charge in [-0.1, -0.05) is 57.8 Å². The standard InChI is InChI=1S/C51H67Cl2N9O11/c1-50(2,3)23-36(60-44(65)33-21-28-30(56-33)13-15-38(71-6)40(28)52)46(67)58-32(42(54)63)20-27-12-10-18-62(48(27)69)25-51(4,5)24-37(47(68)59-35(49(70)73-8)19-26-11-9-17-55-43(26)64)61-45(66)34-22-29-31(57-34)14-16-39(72-7)41(29)53/h13-16,21-22,26-27,32,35-37,56-57H,9-12,17-20,23-25H2,1-8H3,(H2,54,63)(H,55,64)(H,58,67)(H,59,68)(H,60,65)(H,61,66)/t26-,27-,32-,35-,36-,37-/m0/s1. The number of nitrogens with two attached hydrogens (primary N) is 1. The molecule has 73 heavy (non-hydrogen) atoms. The van der Waals surface area contributed by atoms with E-state index in [-0.39, 0.29) is 60.5 Å². The summed E-state index contributed by atoms with van der Waals surface area (Å²) < 4.78 is 15.7. The van der Waals surface area contributed by atoms with E-state index in [1.807, 2.05) is 34.6 Å². The summed E-state index contributed by atoms with van der Waals surface area (Å²) >= 11 is 13.1. The zero-order chi connectivity index (χ0) is 53.5. The number of ether oxygens (including phenoxy) is 3. The van der Waals surface area contributed by atoms with Crippen LogP contribution in [0.25, 0.3) is 21.8 Å². The molecule has 4 heterocycles. The summed E-state index contributed by atoms with van der Waals surface area (Å²) in [5.41, 5.74) is 5.89. The van der Waals surface area contributed by atoms with Gasteiger partial charge in [0.1, 0.15) is 47.1 Å². The highest BCUT2D eigenvalue weighted by Crippen LogP contribution is 2.35. The van der Waals surface area contributed by atoms with Crippen molar-refractivity contribution in [3.05, 3.63) is 57.8 Å². The lowest BCUT2D eigenvalue weighted by atomic mass is 9.82. The Hall–Kier alpha value is -6.54. The number of H-pyrrole nitrogens is 2. The van der Waals surface area contributed by atoms with Crippen molar-refractivity contribution in [2.75, 3.05) is 41.0 Å². The van der Waals surface area contributed by atoms with Crippen LogP contribution in [-0.2, 0) is 33.5 Å². The zero-order valence-corrected chi connectivity index (χ0v) is 44.0. The number of primary amides is 1. The summed E-state index contributed by atoms with van der Waals surface area (Å²) in [6.45, 7) is 10.3. The molecule has 0 aliphatic carbocycles. The summed E-state index contributed by atoms with van der Waals surface area (Å²) in [4.78, 5) is 117. The molecule has 2 aromatic carbocycles. The molecule has 7 amide bonds. The molecule has 2 saturated heterocycles. The maximum Gasteiger partial charge on any atom is 0.328 e. The Bertz CT molecular complexity index is 2750. The second kappa shape index (κ2) is 23.6. The maximum atomic E-state index is 14.4. The number of carbonyl (C=O) groups is 8. The summed E-state index contributed by atoms with van der Waals surface area (Å²) in [6.07, 6.45) is 2.12. The number of methoxy groups -OCH3 is 3. The van der Waals surface area contributed by atoms with Gasteiger partial charge in [-0.3, -0.25) is 33.6 Å². The number of likely N-dealkylation sites (tertiary alicyclic amines) is 1. The second-order valence-electron chi connectivity index (χ2n) is 20.9. The minimum Gasteiger partial charge on any atom is -0.495 e. The van der Waals surface area contributed by atoms with Crippen molar-refractivity contribution in [2.24, 2.45) is 28.4 Å². The molecule has 2 fully saturated rings. The molecular weight excluding hydrogens is 986 g/mol. The molecule has 6 atom stereocenters. The normalized spacial score (nSPS) is 18.0. The van der Waals surface area contributed by atoms with E-state index in [1.54, 1.807) is 35.2 Å². The first-order valence-corrected chi connectivity index (χ1v) is 25.0. The average molecular weight is 1050 g/mol. The molecule has 0 unspecified atom stereocenters. The molecule has 4 aromatic rings. The average Bonchev–Trinajstić information content (AvgIpc) is 3.98. The molecule has 2 aliphatic heterocycles. The number of hydrogen-bond acceptors (Lipinski definition) is 11. The third-order valence-corrected chi connectivity index (χ3v) is 14.1. The van der Waals surface area contributed by atoms with Crippen LogP contribution in [0.1, 0.15) is 107 Å². The Kier molecular flexibility index (Phi) is 18.0. The SMILES string of the molecule is COC(=O)[C@H](C[C@@H]1CCCNC1=O)NC(=O)[C@H](CC(C)(C)CN1CCC[C@@H](C[C@H](NC(=O)[C@H](CC(C)(C)C)NC(=O)c2cc3c(Cl)c(OC)ccc3[nH]2)C(N)=O)C1=O)NC(=O)c1cc2c(Cl)c(OC)ccc2[nH]1. The number of carbonyl (C=O) groups excluding carboxylic acids is 8. The van der Waals surface area contributed by atoms with Gasteiger partial charge in [0.05, 0.1) is 31.4 Å². The number of aromatic amines is 2. The zero-order valence-electron chi connectivity index (χ0n) is 42.5. The van der Waals surface area contributed by atoms with Crippen LogP contribution in [0.15, 0.2) is 36.4 Å². The van der Waals surface area contributed by atoms with Crippen LogP contribution in [0.3, 0.4) is 0 Å². The van der Waals surface area contributed by atoms with Gasteiger partial charge in [0.25, 0.3) is 11.8 Å². The predicted octanol–water partition coefficient (Wildman–Crippen LogP) is 4.90. The van der Waals surface area contributed by atoms with Crippen molar-refractivity contribution in [1.29, 1.82) is 0 Å². The lowest BCUT2D eigenvalue weighted by molar-refractivity contribution is -0.146. The van der Waals surface area contributed by atoms with Gasteiger partial charge < -0.3 is 61.4 Å². The number of esters is 1.